The number of para-hydroxylation sites is 3. The molecule has 202 valence electrons. The molecule has 0 fully saturated rings. The van der Waals surface area contributed by atoms with Crippen LogP contribution in [0.2, 0.25) is 0 Å². The van der Waals surface area contributed by atoms with E-state index >= 15 is 0 Å². The van der Waals surface area contributed by atoms with Gasteiger partial charge in [0.2, 0.25) is 0 Å². The molecule has 7 heteroatoms. The van der Waals surface area contributed by atoms with Gasteiger partial charge in [0.25, 0.3) is 11.5 Å². The first-order chi connectivity index (χ1) is 19.5. The third-order valence-corrected chi connectivity index (χ3v) is 7.50. The predicted molar refractivity (Wildman–Crippen MR) is 162 cm³/mol. The molecule has 0 radical (unpaired) electrons. The number of aromatic nitrogens is 2. The highest BCUT2D eigenvalue weighted by Gasteiger charge is 2.30. The van der Waals surface area contributed by atoms with Crippen molar-refractivity contribution in [3.8, 4) is 11.4 Å². The standard InChI is InChI=1S/C33H30BrN3O3/c1-3-28(36(21-20-23-12-5-4-6-13-23)32(38)24-14-11-15-25(34)22-24)31-35-27-17-8-7-16-26(27)33(39)37(31)29-18-9-10-19-30(29)40-2/h4-19,22,28H,3,20-21H2,1-2H3. The Bertz CT molecular complexity index is 1700. The lowest BCUT2D eigenvalue weighted by molar-refractivity contribution is 0.0661. The number of benzene rings is 4. The molecule has 5 rings (SSSR count). The number of nitrogens with zero attached hydrogens (tertiary/aromatic N) is 3. The largest absolute Gasteiger partial charge is 0.495 e. The van der Waals surface area contributed by atoms with Crippen LogP contribution in [-0.2, 0) is 6.42 Å². The van der Waals surface area contributed by atoms with Crippen LogP contribution in [0.5, 0.6) is 5.75 Å². The number of ether oxygens (including phenoxy) is 1. The molecular weight excluding hydrogens is 566 g/mol. The lowest BCUT2D eigenvalue weighted by Crippen LogP contribution is -2.39. The van der Waals surface area contributed by atoms with Gasteiger partial charge in [0, 0.05) is 16.6 Å². The summed E-state index contributed by atoms with van der Waals surface area (Å²) in [4.78, 5) is 35.1. The summed E-state index contributed by atoms with van der Waals surface area (Å²) < 4.78 is 8.09. The monoisotopic (exact) mass is 595 g/mol. The number of carbonyl (C=O) groups is 1. The van der Waals surface area contributed by atoms with Gasteiger partial charge in [-0.1, -0.05) is 83.5 Å². The van der Waals surface area contributed by atoms with Crippen LogP contribution in [0.15, 0.2) is 112 Å². The fourth-order valence-electron chi connectivity index (χ4n) is 5.04. The normalized spacial score (nSPS) is 11.8. The Morgan fingerprint density at radius 1 is 0.950 bits per heavy atom. The van der Waals surface area contributed by atoms with Gasteiger partial charge in [-0.25, -0.2) is 4.98 Å². The van der Waals surface area contributed by atoms with E-state index in [4.69, 9.17) is 9.72 Å². The number of halogens is 1. The van der Waals surface area contributed by atoms with Gasteiger partial charge in [0.15, 0.2) is 0 Å². The van der Waals surface area contributed by atoms with Gasteiger partial charge in [-0.3, -0.25) is 14.2 Å². The summed E-state index contributed by atoms with van der Waals surface area (Å²) in [6, 6.07) is 31.7. The minimum atomic E-state index is -0.489. The van der Waals surface area contributed by atoms with E-state index < -0.39 is 6.04 Å². The fraction of sp³-hybridized carbons (Fsp3) is 0.182. The number of rotatable bonds is 9. The van der Waals surface area contributed by atoms with Gasteiger partial charge < -0.3 is 9.64 Å². The average molecular weight is 597 g/mol. The first kappa shape index (κ1) is 27.3. The molecule has 0 N–H and O–H groups in total. The van der Waals surface area contributed by atoms with E-state index in [9.17, 15) is 9.59 Å². The molecule has 0 bridgehead atoms. The number of carbonyl (C=O) groups excluding carboxylic acids is 1. The van der Waals surface area contributed by atoms with E-state index in [1.54, 1.807) is 17.7 Å². The second-order valence-electron chi connectivity index (χ2n) is 9.47. The molecular formula is C33H30BrN3O3. The van der Waals surface area contributed by atoms with Crippen LogP contribution in [0.3, 0.4) is 0 Å². The van der Waals surface area contributed by atoms with E-state index in [0.717, 1.165) is 10.0 Å². The SMILES string of the molecule is CCC(c1nc2ccccc2c(=O)n1-c1ccccc1OC)N(CCc1ccccc1)C(=O)c1cccc(Br)c1. The molecule has 0 saturated carbocycles. The van der Waals surface area contributed by atoms with Gasteiger partial charge in [-0.2, -0.15) is 0 Å². The first-order valence-corrected chi connectivity index (χ1v) is 14.1. The van der Waals surface area contributed by atoms with Crippen molar-refractivity contribution in [2.45, 2.75) is 25.8 Å². The third-order valence-electron chi connectivity index (χ3n) is 7.01. The summed E-state index contributed by atoms with van der Waals surface area (Å²) in [5.74, 6) is 0.914. The smallest absolute Gasteiger partial charge is 0.266 e. The highest BCUT2D eigenvalue weighted by atomic mass is 79.9. The number of fused-ring (bicyclic) bond motifs is 1. The number of hydrogen-bond donors (Lipinski definition) is 0. The molecule has 1 amide bonds. The molecule has 40 heavy (non-hydrogen) atoms. The topological polar surface area (TPSA) is 64.4 Å². The van der Waals surface area contributed by atoms with Crippen molar-refractivity contribution in [2.24, 2.45) is 0 Å². The molecule has 1 unspecified atom stereocenters. The molecule has 5 aromatic rings. The zero-order valence-electron chi connectivity index (χ0n) is 22.5. The lowest BCUT2D eigenvalue weighted by Gasteiger charge is -2.33. The third kappa shape index (κ3) is 5.56. The summed E-state index contributed by atoms with van der Waals surface area (Å²) in [7, 11) is 1.58. The zero-order valence-corrected chi connectivity index (χ0v) is 24.0. The van der Waals surface area contributed by atoms with Gasteiger partial charge in [0.1, 0.15) is 11.6 Å². The number of amides is 1. The molecule has 6 nitrogen and oxygen atoms in total. The van der Waals surface area contributed by atoms with Gasteiger partial charge in [-0.05, 0) is 60.9 Å². The van der Waals surface area contributed by atoms with Crippen molar-refractivity contribution in [3.05, 3.63) is 135 Å². The minimum absolute atomic E-state index is 0.127. The molecule has 0 aliphatic rings. The predicted octanol–water partition coefficient (Wildman–Crippen LogP) is 6.99. The highest BCUT2D eigenvalue weighted by molar-refractivity contribution is 9.10. The quantitative estimate of drug-likeness (QED) is 0.184. The second-order valence-corrected chi connectivity index (χ2v) is 10.4. The van der Waals surface area contributed by atoms with Crippen LogP contribution < -0.4 is 10.3 Å². The maximum absolute atomic E-state index is 14.2. The van der Waals surface area contributed by atoms with Gasteiger partial charge in [0.05, 0.1) is 29.7 Å². The Kier molecular flexibility index (Phi) is 8.41. The fourth-order valence-corrected chi connectivity index (χ4v) is 5.44. The highest BCUT2D eigenvalue weighted by Crippen LogP contribution is 2.31. The van der Waals surface area contributed by atoms with E-state index in [-0.39, 0.29) is 11.5 Å². The molecule has 0 spiro atoms. The Hall–Kier alpha value is -4.23. The number of methoxy groups -OCH3 is 1. The molecule has 1 aromatic heterocycles. The zero-order chi connectivity index (χ0) is 28.1. The van der Waals surface area contributed by atoms with Crippen LogP contribution in [-0.4, -0.2) is 34.0 Å². The minimum Gasteiger partial charge on any atom is -0.495 e. The Morgan fingerprint density at radius 2 is 1.68 bits per heavy atom. The molecule has 4 aromatic carbocycles. The summed E-state index contributed by atoms with van der Waals surface area (Å²) in [6.07, 6.45) is 1.21. The molecule has 1 atom stereocenters. The van der Waals surface area contributed by atoms with Crippen LogP contribution in [0.4, 0.5) is 0 Å². The molecule has 0 aliphatic heterocycles. The van der Waals surface area contributed by atoms with E-state index in [1.807, 2.05) is 96.8 Å². The molecule has 0 saturated heterocycles. The summed E-state index contributed by atoms with van der Waals surface area (Å²) in [5.41, 5.74) is 2.65. The lowest BCUT2D eigenvalue weighted by atomic mass is 10.1. The van der Waals surface area contributed by atoms with Crippen molar-refractivity contribution in [1.82, 2.24) is 14.5 Å². The van der Waals surface area contributed by atoms with Crippen LogP contribution >= 0.6 is 15.9 Å². The van der Waals surface area contributed by atoms with Crippen molar-refractivity contribution < 1.29 is 9.53 Å². The summed E-state index contributed by atoms with van der Waals surface area (Å²) in [5, 5.41) is 0.501. The first-order valence-electron chi connectivity index (χ1n) is 13.3. The van der Waals surface area contributed by atoms with E-state index in [1.165, 1.54) is 0 Å². The van der Waals surface area contributed by atoms with Crippen LogP contribution in [0, 0.1) is 0 Å². The van der Waals surface area contributed by atoms with E-state index in [2.05, 4.69) is 28.1 Å². The van der Waals surface area contributed by atoms with E-state index in [0.29, 0.717) is 53.1 Å². The Labute approximate surface area is 242 Å². The Morgan fingerprint density at radius 3 is 2.42 bits per heavy atom. The Balaban J connectivity index is 1.71. The summed E-state index contributed by atoms with van der Waals surface area (Å²) in [6.45, 7) is 2.46. The van der Waals surface area contributed by atoms with Crippen molar-refractivity contribution >= 4 is 32.7 Å². The van der Waals surface area contributed by atoms with Gasteiger partial charge in [-0.15, -0.1) is 0 Å². The maximum atomic E-state index is 14.2. The van der Waals surface area contributed by atoms with Crippen molar-refractivity contribution in [2.75, 3.05) is 13.7 Å². The van der Waals surface area contributed by atoms with Crippen molar-refractivity contribution in [3.63, 3.8) is 0 Å². The van der Waals surface area contributed by atoms with Crippen LogP contribution in [0.25, 0.3) is 16.6 Å². The summed E-state index contributed by atoms with van der Waals surface area (Å²) >= 11 is 3.51. The molecule has 0 aliphatic carbocycles. The maximum Gasteiger partial charge on any atom is 0.266 e. The molecule has 1 heterocycles. The van der Waals surface area contributed by atoms with Crippen molar-refractivity contribution in [1.29, 1.82) is 0 Å². The second kappa shape index (κ2) is 12.3. The average Bonchev–Trinajstić information content (AvgIpc) is 2.99. The van der Waals surface area contributed by atoms with Crippen LogP contribution in [0.1, 0.15) is 41.1 Å². The number of hydrogen-bond acceptors (Lipinski definition) is 4. The van der Waals surface area contributed by atoms with Gasteiger partial charge >= 0.3 is 0 Å².